The molecule has 366 valence electrons. The number of para-hydroxylation sites is 4. The number of hydrogen-bond donors (Lipinski definition) is 3. The molecule has 8 rings (SSSR count). The summed E-state index contributed by atoms with van der Waals surface area (Å²) >= 11 is 0. The van der Waals surface area contributed by atoms with Gasteiger partial charge in [-0.15, -0.1) is 0 Å². The summed E-state index contributed by atoms with van der Waals surface area (Å²) < 4.78 is 17.3. The summed E-state index contributed by atoms with van der Waals surface area (Å²) in [6, 6.07) is 25.0. The van der Waals surface area contributed by atoms with Crippen molar-refractivity contribution in [3.05, 3.63) is 128 Å². The highest BCUT2D eigenvalue weighted by Gasteiger charge is 2.23. The van der Waals surface area contributed by atoms with Crippen LogP contribution in [0.25, 0.3) is 33.7 Å². The van der Waals surface area contributed by atoms with Crippen molar-refractivity contribution in [3.63, 3.8) is 0 Å². The van der Waals surface area contributed by atoms with E-state index >= 15 is 0 Å². The fraction of sp³-hybridized carbons (Fsp3) is 0.292. The normalized spacial score (nSPS) is 11.2. The second kappa shape index (κ2) is 21.2. The second-order valence-electron chi connectivity index (χ2n) is 16.9. The first-order valence-electron chi connectivity index (χ1n) is 22.1. The molecular formula is C48H58N16O6. The fourth-order valence-electron chi connectivity index (χ4n) is 7.74. The summed E-state index contributed by atoms with van der Waals surface area (Å²) in [6.45, 7) is 3.03. The van der Waals surface area contributed by atoms with Gasteiger partial charge in [0.1, 0.15) is 28.8 Å². The van der Waals surface area contributed by atoms with Crippen molar-refractivity contribution in [2.75, 3.05) is 109 Å². The topological polar surface area (TPSA) is 230 Å². The highest BCUT2D eigenvalue weighted by Crippen LogP contribution is 2.39. The Bertz CT molecular complexity index is 3290. The van der Waals surface area contributed by atoms with Gasteiger partial charge in [-0.1, -0.05) is 24.3 Å². The van der Waals surface area contributed by atoms with Gasteiger partial charge in [-0.05, 0) is 58.5 Å². The maximum Gasteiger partial charge on any atom is 0.334 e. The number of methoxy groups -OCH3 is 2. The summed E-state index contributed by atoms with van der Waals surface area (Å²) in [5.41, 5.74) is 11.8. The Morgan fingerprint density at radius 3 is 1.46 bits per heavy atom. The van der Waals surface area contributed by atoms with Crippen LogP contribution in [0.5, 0.6) is 11.5 Å². The number of imidazole rings is 2. The number of nitro groups is 1. The Morgan fingerprint density at radius 1 is 0.614 bits per heavy atom. The van der Waals surface area contributed by atoms with Crippen molar-refractivity contribution in [1.82, 2.24) is 48.0 Å². The lowest BCUT2D eigenvalue weighted by atomic mass is 10.2. The lowest BCUT2D eigenvalue weighted by Gasteiger charge is -2.24. The van der Waals surface area contributed by atoms with E-state index in [0.29, 0.717) is 63.9 Å². The summed E-state index contributed by atoms with van der Waals surface area (Å²) in [7, 11) is 18.3. The number of fused-ring (bicyclic) bond motifs is 2. The van der Waals surface area contributed by atoms with Crippen molar-refractivity contribution < 1.29 is 14.4 Å². The van der Waals surface area contributed by atoms with E-state index in [2.05, 4.69) is 40.4 Å². The van der Waals surface area contributed by atoms with Crippen LogP contribution in [-0.2, 0) is 14.1 Å². The number of nitrogens with two attached hydrogens (primary N) is 1. The monoisotopic (exact) mass is 954 g/mol. The number of anilines is 7. The molecule has 0 spiro atoms. The number of likely N-dealkylation sites (N-methyl/N-ethyl adjacent to an activating group) is 4. The number of ether oxygens (including phenoxy) is 2. The number of hydrogen-bond acceptors (Lipinski definition) is 17. The Kier molecular flexibility index (Phi) is 15.0. The van der Waals surface area contributed by atoms with E-state index in [1.165, 1.54) is 23.9 Å². The van der Waals surface area contributed by atoms with Crippen molar-refractivity contribution in [1.29, 1.82) is 0 Å². The van der Waals surface area contributed by atoms with Gasteiger partial charge in [-0.3, -0.25) is 19.2 Å². The third-order valence-electron chi connectivity index (χ3n) is 11.6. The molecule has 0 radical (unpaired) electrons. The number of aryl methyl sites for hydroxylation is 2. The number of benzene rings is 4. The van der Waals surface area contributed by atoms with Crippen molar-refractivity contribution in [2.45, 2.75) is 0 Å². The minimum absolute atomic E-state index is 0.0824. The van der Waals surface area contributed by atoms with Gasteiger partial charge in [0.25, 0.3) is 5.69 Å². The molecule has 70 heavy (non-hydrogen) atoms. The molecule has 22 heteroatoms. The van der Waals surface area contributed by atoms with E-state index in [0.717, 1.165) is 41.9 Å². The fourth-order valence-corrected chi connectivity index (χ4v) is 7.74. The van der Waals surface area contributed by atoms with Gasteiger partial charge in [0.05, 0.1) is 64.0 Å². The minimum atomic E-state index is -0.431. The predicted molar refractivity (Wildman–Crippen MR) is 275 cm³/mol. The average Bonchev–Trinajstić information content (AvgIpc) is 3.76. The third kappa shape index (κ3) is 10.5. The zero-order valence-corrected chi connectivity index (χ0v) is 40.9. The van der Waals surface area contributed by atoms with Crippen LogP contribution in [0.3, 0.4) is 0 Å². The molecule has 0 amide bonds. The molecule has 4 N–H and O–H groups in total. The summed E-state index contributed by atoms with van der Waals surface area (Å²) in [5, 5.41) is 18.1. The largest absolute Gasteiger partial charge is 0.494 e. The van der Waals surface area contributed by atoms with Crippen molar-refractivity contribution >= 4 is 68.1 Å². The van der Waals surface area contributed by atoms with E-state index in [-0.39, 0.29) is 23.0 Å². The van der Waals surface area contributed by atoms with Crippen LogP contribution < -0.4 is 47.0 Å². The first kappa shape index (κ1) is 49.4. The van der Waals surface area contributed by atoms with Crippen LogP contribution in [0.15, 0.2) is 107 Å². The zero-order chi connectivity index (χ0) is 50.4. The van der Waals surface area contributed by atoms with Crippen LogP contribution >= 0.6 is 0 Å². The molecule has 4 heterocycles. The molecule has 8 aromatic rings. The Balaban J connectivity index is 0.000000207. The Morgan fingerprint density at radius 2 is 1.03 bits per heavy atom. The van der Waals surface area contributed by atoms with Gasteiger partial charge in [-0.2, -0.15) is 9.97 Å². The van der Waals surface area contributed by atoms with Gasteiger partial charge < -0.3 is 45.4 Å². The van der Waals surface area contributed by atoms with E-state index in [4.69, 9.17) is 15.2 Å². The summed E-state index contributed by atoms with van der Waals surface area (Å²) in [6.07, 6.45) is 3.13. The predicted octanol–water partition coefficient (Wildman–Crippen LogP) is 5.23. The van der Waals surface area contributed by atoms with Crippen LogP contribution in [0, 0.1) is 10.1 Å². The number of rotatable bonds is 17. The van der Waals surface area contributed by atoms with E-state index in [1.807, 2.05) is 99.6 Å². The molecule has 0 fully saturated rings. The zero-order valence-electron chi connectivity index (χ0n) is 40.9. The van der Waals surface area contributed by atoms with E-state index < -0.39 is 4.92 Å². The van der Waals surface area contributed by atoms with Gasteiger partial charge >= 0.3 is 11.4 Å². The first-order chi connectivity index (χ1) is 33.5. The summed E-state index contributed by atoms with van der Waals surface area (Å²) in [4.78, 5) is 63.0. The molecule has 0 bridgehead atoms. The van der Waals surface area contributed by atoms with Crippen LogP contribution in [0.2, 0.25) is 0 Å². The SMILES string of the molecule is COc1cc(N(C)CCN(C)C)c(N)cc1Nc1nccc(-n2c(=O)n(C)c3ccccc32)n1.COc1cc(N(C)CCN(C)C)c([N+](=O)[O-])cc1Nc1nccc(-n2c(=O)n(C)c3ccccc32)n1. The van der Waals surface area contributed by atoms with Crippen LogP contribution in [-0.4, -0.2) is 136 Å². The molecule has 4 aromatic heterocycles. The number of nitro benzene ring substituents is 1. The number of aromatic nitrogens is 8. The van der Waals surface area contributed by atoms with E-state index in [1.54, 1.807) is 72.4 Å². The molecule has 0 aliphatic heterocycles. The summed E-state index contributed by atoms with van der Waals surface area (Å²) in [5.74, 6) is 2.31. The Hall–Kier alpha value is -8.50. The molecule has 0 aliphatic carbocycles. The minimum Gasteiger partial charge on any atom is -0.494 e. The molecule has 0 atom stereocenters. The molecule has 0 unspecified atom stereocenters. The first-order valence-corrected chi connectivity index (χ1v) is 22.1. The van der Waals surface area contributed by atoms with Gasteiger partial charge in [0.15, 0.2) is 0 Å². The molecular weight excluding hydrogens is 897 g/mol. The van der Waals surface area contributed by atoms with Gasteiger partial charge in [0, 0.05) is 97.1 Å². The smallest absolute Gasteiger partial charge is 0.334 e. The standard InChI is InChI=1S/C24H28N8O4.C24H30N8O2/c1-28(2)12-13-29(3)19-15-21(36-5)16(14-20(19)32(34)35)26-23-25-11-10-22(27-23)31-18-9-7-6-8-17(18)30(4)24(31)33;1-29(2)12-13-30(3)20-15-21(34-5)17(14-16(20)25)27-23-26-11-10-22(28-23)32-19-9-7-6-8-18(19)31(4)24(32)33/h6-11,14-15H,12-13H2,1-5H3,(H,25,26,27);6-11,14-15H,12-13,25H2,1-5H3,(H,26,27,28). The van der Waals surface area contributed by atoms with E-state index in [9.17, 15) is 19.7 Å². The second-order valence-corrected chi connectivity index (χ2v) is 16.9. The van der Waals surface area contributed by atoms with Crippen LogP contribution in [0.1, 0.15) is 0 Å². The highest BCUT2D eigenvalue weighted by molar-refractivity contribution is 5.81. The van der Waals surface area contributed by atoms with Gasteiger partial charge in [0.2, 0.25) is 11.9 Å². The van der Waals surface area contributed by atoms with Crippen LogP contribution in [0.4, 0.5) is 46.0 Å². The Labute approximate surface area is 403 Å². The molecule has 22 nitrogen and oxygen atoms in total. The molecule has 0 saturated carbocycles. The number of nitrogens with zero attached hydrogens (tertiary/aromatic N) is 13. The lowest BCUT2D eigenvalue weighted by Crippen LogP contribution is -2.29. The average molecular weight is 955 g/mol. The molecule has 0 aliphatic rings. The highest BCUT2D eigenvalue weighted by atomic mass is 16.6. The van der Waals surface area contributed by atoms with Gasteiger partial charge in [-0.25, -0.2) is 28.7 Å². The molecule has 4 aromatic carbocycles. The molecule has 0 saturated heterocycles. The lowest BCUT2D eigenvalue weighted by molar-refractivity contribution is -0.384. The number of nitrogens with one attached hydrogen (secondary N) is 2. The quantitative estimate of drug-likeness (QED) is 0.0603. The van der Waals surface area contributed by atoms with Crippen molar-refractivity contribution in [2.24, 2.45) is 14.1 Å². The number of nitrogen functional groups attached to an aromatic ring is 1. The van der Waals surface area contributed by atoms with Crippen molar-refractivity contribution in [3.8, 4) is 23.1 Å². The maximum absolute atomic E-state index is 12.9. The maximum atomic E-state index is 12.9. The third-order valence-corrected chi connectivity index (χ3v) is 11.6.